The van der Waals surface area contributed by atoms with Gasteiger partial charge in [-0.3, -0.25) is 9.89 Å². The minimum absolute atomic E-state index is 0.139. The predicted molar refractivity (Wildman–Crippen MR) is 74.3 cm³/mol. The monoisotopic (exact) mass is 294 g/mol. The molecule has 2 heterocycles. The first-order valence-electron chi connectivity index (χ1n) is 7.54. The smallest absolute Gasteiger partial charge is 0.279 e. The molecule has 5 atom stereocenters. The molecule has 1 saturated heterocycles. The summed E-state index contributed by atoms with van der Waals surface area (Å²) in [5, 5.41) is 0. The maximum absolute atomic E-state index is 13.3. The van der Waals surface area contributed by atoms with Crippen LogP contribution in [-0.4, -0.2) is 34.9 Å². The zero-order valence-electron chi connectivity index (χ0n) is 11.6. The fraction of sp³-hybridized carbons (Fsp3) is 0.562. The lowest BCUT2D eigenvalue weighted by Gasteiger charge is -2.34. The van der Waals surface area contributed by atoms with Gasteiger partial charge >= 0.3 is 6.18 Å². The van der Waals surface area contributed by atoms with E-state index in [9.17, 15) is 13.2 Å². The highest BCUT2D eigenvalue weighted by Crippen LogP contribution is 2.53. The molecule has 0 N–H and O–H groups in total. The van der Waals surface area contributed by atoms with Crippen LogP contribution < -0.4 is 0 Å². The second-order valence-electron chi connectivity index (χ2n) is 6.18. The molecule has 1 saturated carbocycles. The molecule has 2 nitrogen and oxygen atoms in total. The fourth-order valence-electron chi connectivity index (χ4n) is 4.04. The van der Waals surface area contributed by atoms with Crippen LogP contribution in [-0.2, 0) is 0 Å². The number of hydrogen-bond donors (Lipinski definition) is 0. The van der Waals surface area contributed by atoms with Crippen molar-refractivity contribution in [1.29, 1.82) is 0 Å². The van der Waals surface area contributed by atoms with E-state index in [2.05, 4.69) is 9.89 Å². The molecule has 21 heavy (non-hydrogen) atoms. The van der Waals surface area contributed by atoms with Crippen LogP contribution in [0.3, 0.4) is 0 Å². The van der Waals surface area contributed by atoms with Gasteiger partial charge in [-0.2, -0.15) is 13.2 Å². The molecule has 0 spiro atoms. The van der Waals surface area contributed by atoms with E-state index in [1.807, 2.05) is 30.3 Å². The lowest BCUT2D eigenvalue weighted by molar-refractivity contribution is -0.0624. The van der Waals surface area contributed by atoms with E-state index in [1.54, 1.807) is 0 Å². The molecular weight excluding hydrogens is 277 g/mol. The van der Waals surface area contributed by atoms with Gasteiger partial charge in [-0.05, 0) is 18.4 Å². The van der Waals surface area contributed by atoms with Gasteiger partial charge < -0.3 is 0 Å². The van der Waals surface area contributed by atoms with Crippen molar-refractivity contribution in [3.05, 3.63) is 35.9 Å². The summed E-state index contributed by atoms with van der Waals surface area (Å²) in [6, 6.07) is 8.86. The lowest BCUT2D eigenvalue weighted by Crippen LogP contribution is -2.45. The lowest BCUT2D eigenvalue weighted by atomic mass is 9.89. The van der Waals surface area contributed by atoms with E-state index < -0.39 is 17.9 Å². The second kappa shape index (κ2) is 4.57. The molecule has 1 aromatic carbocycles. The van der Waals surface area contributed by atoms with Gasteiger partial charge in [0.05, 0.1) is 18.1 Å². The molecule has 0 amide bonds. The van der Waals surface area contributed by atoms with Crippen molar-refractivity contribution in [2.45, 2.75) is 56.0 Å². The molecule has 112 valence electrons. The Balaban J connectivity index is 1.72. The molecule has 4 rings (SSSR count). The molecule has 3 aliphatic rings. The van der Waals surface area contributed by atoms with Crippen molar-refractivity contribution in [3.63, 3.8) is 0 Å². The van der Waals surface area contributed by atoms with Crippen LogP contribution in [0.4, 0.5) is 13.2 Å². The summed E-state index contributed by atoms with van der Waals surface area (Å²) in [4.78, 5) is 6.17. The average molecular weight is 294 g/mol. The maximum Gasteiger partial charge on any atom is 0.430 e. The van der Waals surface area contributed by atoms with Gasteiger partial charge in [0.1, 0.15) is 5.71 Å². The summed E-state index contributed by atoms with van der Waals surface area (Å²) in [6.07, 6.45) is -0.462. The maximum atomic E-state index is 13.3. The van der Waals surface area contributed by atoms with E-state index in [4.69, 9.17) is 0 Å². The number of fused-ring (bicyclic) bond motifs is 3. The van der Waals surface area contributed by atoms with Gasteiger partial charge in [0.25, 0.3) is 0 Å². The van der Waals surface area contributed by atoms with E-state index in [0.29, 0.717) is 0 Å². The van der Waals surface area contributed by atoms with E-state index >= 15 is 0 Å². The van der Waals surface area contributed by atoms with Crippen molar-refractivity contribution in [2.24, 2.45) is 4.99 Å². The Kier molecular flexibility index (Phi) is 2.89. The molecule has 2 fully saturated rings. The van der Waals surface area contributed by atoms with Gasteiger partial charge in [-0.15, -0.1) is 0 Å². The molecule has 1 unspecified atom stereocenters. The Morgan fingerprint density at radius 1 is 1.00 bits per heavy atom. The molecule has 5 heteroatoms. The highest BCUT2D eigenvalue weighted by molar-refractivity contribution is 5.98. The van der Waals surface area contributed by atoms with Crippen molar-refractivity contribution in [3.8, 4) is 0 Å². The zero-order valence-corrected chi connectivity index (χ0v) is 11.6. The highest BCUT2D eigenvalue weighted by Gasteiger charge is 2.64. The van der Waals surface area contributed by atoms with Crippen molar-refractivity contribution in [2.75, 3.05) is 0 Å². The number of benzene rings is 1. The summed E-state index contributed by atoms with van der Waals surface area (Å²) in [7, 11) is 0. The minimum Gasteiger partial charge on any atom is -0.279 e. The molecular formula is C16H17F3N2. The predicted octanol–water partition coefficient (Wildman–Crippen LogP) is 3.74. The van der Waals surface area contributed by atoms with Crippen molar-refractivity contribution in [1.82, 2.24) is 4.90 Å². The SMILES string of the molecule is FC(F)(F)C1=N[C@@H]2CCCC[C@H]2N2[C@H]1[C@H]2c1ccccc1. The first-order chi connectivity index (χ1) is 10.1. The van der Waals surface area contributed by atoms with E-state index in [0.717, 1.165) is 31.2 Å². The van der Waals surface area contributed by atoms with Crippen LogP contribution >= 0.6 is 0 Å². The van der Waals surface area contributed by atoms with Crippen LogP contribution in [0.5, 0.6) is 0 Å². The highest BCUT2D eigenvalue weighted by atomic mass is 19.4. The Morgan fingerprint density at radius 2 is 1.71 bits per heavy atom. The van der Waals surface area contributed by atoms with Crippen LogP contribution in [0.15, 0.2) is 35.3 Å². The number of halogens is 3. The summed E-state index contributed by atoms with van der Waals surface area (Å²) in [6.45, 7) is 0. The standard InChI is InChI=1S/C16H17F3N2/c17-16(18,19)15-14-13(10-6-2-1-3-7-10)21(14)12-9-5-4-8-11(12)20-15/h1-3,6-7,11-14H,4-5,8-9H2/t11-,12-,13-,14+,21?/m1/s1. The normalized spacial score (nSPS) is 38.2. The Hall–Kier alpha value is -1.36. The van der Waals surface area contributed by atoms with Gasteiger partial charge in [-0.1, -0.05) is 43.2 Å². The van der Waals surface area contributed by atoms with Crippen molar-refractivity contribution < 1.29 is 13.2 Å². The third-order valence-electron chi connectivity index (χ3n) is 4.95. The second-order valence-corrected chi connectivity index (χ2v) is 6.18. The van der Waals surface area contributed by atoms with E-state index in [1.165, 1.54) is 0 Å². The molecule has 2 aliphatic heterocycles. The van der Waals surface area contributed by atoms with Gasteiger partial charge in [-0.25, -0.2) is 0 Å². The number of nitrogens with zero attached hydrogens (tertiary/aromatic N) is 2. The van der Waals surface area contributed by atoms with Crippen LogP contribution in [0, 0.1) is 0 Å². The summed E-state index contributed by atoms with van der Waals surface area (Å²) < 4.78 is 39.9. The Morgan fingerprint density at radius 3 is 2.43 bits per heavy atom. The molecule has 1 aliphatic carbocycles. The summed E-state index contributed by atoms with van der Waals surface area (Å²) in [5.74, 6) is 0. The van der Waals surface area contributed by atoms with E-state index in [-0.39, 0.29) is 18.1 Å². The van der Waals surface area contributed by atoms with Gasteiger partial charge in [0, 0.05) is 6.04 Å². The first-order valence-corrected chi connectivity index (χ1v) is 7.54. The summed E-state index contributed by atoms with van der Waals surface area (Å²) in [5.41, 5.74) is 0.421. The topological polar surface area (TPSA) is 15.4 Å². The Bertz CT molecular complexity index is 567. The quantitative estimate of drug-likeness (QED) is 0.720. The first kappa shape index (κ1) is 13.3. The van der Waals surface area contributed by atoms with Gasteiger partial charge in [0.2, 0.25) is 0 Å². The van der Waals surface area contributed by atoms with Crippen LogP contribution in [0.25, 0.3) is 0 Å². The largest absolute Gasteiger partial charge is 0.430 e. The third-order valence-corrected chi connectivity index (χ3v) is 4.95. The van der Waals surface area contributed by atoms with Gasteiger partial charge in [0.15, 0.2) is 0 Å². The third kappa shape index (κ3) is 2.09. The van der Waals surface area contributed by atoms with Crippen LogP contribution in [0.1, 0.15) is 37.3 Å². The number of aliphatic imine (C=N–C) groups is 1. The molecule has 1 aromatic rings. The fourth-order valence-corrected chi connectivity index (χ4v) is 4.04. The van der Waals surface area contributed by atoms with Crippen molar-refractivity contribution >= 4 is 5.71 Å². The Labute approximate surface area is 121 Å². The molecule has 0 radical (unpaired) electrons. The number of hydrogen-bond acceptors (Lipinski definition) is 2. The zero-order chi connectivity index (χ0) is 14.6. The van der Waals surface area contributed by atoms with Crippen LogP contribution in [0.2, 0.25) is 0 Å². The minimum atomic E-state index is -4.31. The number of rotatable bonds is 1. The number of alkyl halides is 3. The average Bonchev–Trinajstić information content (AvgIpc) is 3.22. The summed E-state index contributed by atoms with van der Waals surface area (Å²) >= 11 is 0. The molecule has 0 aromatic heterocycles. The molecule has 0 bridgehead atoms.